The van der Waals surface area contributed by atoms with Crippen LogP contribution in [0.2, 0.25) is 0 Å². The van der Waals surface area contributed by atoms with Gasteiger partial charge in [0.1, 0.15) is 5.82 Å². The molecule has 8 nitrogen and oxygen atoms in total. The first-order valence-corrected chi connectivity index (χ1v) is 13.2. The van der Waals surface area contributed by atoms with Gasteiger partial charge in [-0.3, -0.25) is 14.4 Å². The molecule has 1 saturated heterocycles. The molecule has 1 fully saturated rings. The van der Waals surface area contributed by atoms with E-state index in [0.29, 0.717) is 12.8 Å². The van der Waals surface area contributed by atoms with Crippen LogP contribution in [-0.4, -0.2) is 79.6 Å². The molecule has 37 heavy (non-hydrogen) atoms. The number of aryl methyl sites for hydroxylation is 3. The minimum Gasteiger partial charge on any atom is -0.360 e. The van der Waals surface area contributed by atoms with Crippen LogP contribution in [0.1, 0.15) is 42.1 Å². The lowest BCUT2D eigenvalue weighted by molar-refractivity contribution is -0.123. The van der Waals surface area contributed by atoms with Crippen LogP contribution in [0.5, 0.6) is 0 Å². The van der Waals surface area contributed by atoms with Crippen LogP contribution in [0.15, 0.2) is 36.8 Å². The first-order valence-electron chi connectivity index (χ1n) is 13.2. The Labute approximate surface area is 218 Å². The molecule has 194 valence electrons. The van der Waals surface area contributed by atoms with Crippen LogP contribution < -0.4 is 0 Å². The first-order chi connectivity index (χ1) is 17.8. The molecule has 4 heterocycles. The number of piperazine rings is 1. The Morgan fingerprint density at radius 2 is 1.92 bits per heavy atom. The zero-order valence-corrected chi connectivity index (χ0v) is 22.6. The van der Waals surface area contributed by atoms with Crippen molar-refractivity contribution < 1.29 is 4.79 Å². The second-order valence-corrected chi connectivity index (χ2v) is 10.3. The van der Waals surface area contributed by atoms with Crippen LogP contribution in [-0.2, 0) is 31.1 Å². The number of aromatic amines is 1. The number of H-pyrrole nitrogens is 1. The van der Waals surface area contributed by atoms with Crippen LogP contribution in [0.25, 0.3) is 22.2 Å². The largest absolute Gasteiger partial charge is 0.360 e. The Balaban J connectivity index is 1.40. The zero-order valence-electron chi connectivity index (χ0n) is 22.6. The Bertz CT molecular complexity index is 1410. The molecule has 8 heteroatoms. The third-order valence-electron chi connectivity index (χ3n) is 7.67. The molecule has 0 amide bonds. The highest BCUT2D eigenvalue weighted by Gasteiger charge is 2.25. The quantitative estimate of drug-likeness (QED) is 0.399. The Morgan fingerprint density at radius 1 is 1.14 bits per heavy atom. The number of hydrogen-bond acceptors (Lipinski definition) is 6. The van der Waals surface area contributed by atoms with Gasteiger partial charge in [-0.25, -0.2) is 9.97 Å². The number of Topliss-reactive ketones (excluding diaryl/α,β-unsaturated/α-hetero) is 1. The number of ketones is 1. The predicted molar refractivity (Wildman–Crippen MR) is 147 cm³/mol. The summed E-state index contributed by atoms with van der Waals surface area (Å²) in [6.45, 7) is 10.1. The molecule has 0 radical (unpaired) electrons. The molecule has 0 bridgehead atoms. The Kier molecular flexibility index (Phi) is 7.22. The van der Waals surface area contributed by atoms with Crippen LogP contribution >= 0.6 is 0 Å². The molecule has 1 aromatic carbocycles. The van der Waals surface area contributed by atoms with Gasteiger partial charge in [-0.15, -0.1) is 0 Å². The number of carbonyl (C=O) groups is 1. The summed E-state index contributed by atoms with van der Waals surface area (Å²) in [6.07, 6.45) is 7.93. The second-order valence-electron chi connectivity index (χ2n) is 10.3. The van der Waals surface area contributed by atoms with E-state index >= 15 is 0 Å². The number of likely N-dealkylation sites (N-methyl/N-ethyl adjacent to an activating group) is 1. The minimum absolute atomic E-state index is 0.0782. The van der Waals surface area contributed by atoms with Gasteiger partial charge in [0.15, 0.2) is 5.78 Å². The number of hydrogen-bond donors (Lipinski definition) is 1. The summed E-state index contributed by atoms with van der Waals surface area (Å²) in [6, 6.07) is 6.13. The lowest BCUT2D eigenvalue weighted by atomic mass is 9.99. The molecule has 0 spiro atoms. The molecular weight excluding hydrogens is 462 g/mol. The van der Waals surface area contributed by atoms with Crippen molar-refractivity contribution in [3.8, 4) is 11.3 Å². The van der Waals surface area contributed by atoms with Gasteiger partial charge < -0.3 is 9.88 Å². The van der Waals surface area contributed by atoms with Gasteiger partial charge in [0, 0.05) is 86.7 Å². The second kappa shape index (κ2) is 10.6. The molecular formula is C29H37N7O. The van der Waals surface area contributed by atoms with E-state index in [-0.39, 0.29) is 11.8 Å². The average molecular weight is 500 g/mol. The number of benzene rings is 1. The molecule has 5 rings (SSSR count). The van der Waals surface area contributed by atoms with E-state index in [1.165, 1.54) is 0 Å². The van der Waals surface area contributed by atoms with Gasteiger partial charge in [-0.2, -0.15) is 5.10 Å². The van der Waals surface area contributed by atoms with Gasteiger partial charge in [0.2, 0.25) is 0 Å². The van der Waals surface area contributed by atoms with Crippen molar-refractivity contribution in [3.63, 3.8) is 0 Å². The lowest BCUT2D eigenvalue weighted by Crippen LogP contribution is -2.50. The Morgan fingerprint density at radius 3 is 2.68 bits per heavy atom. The summed E-state index contributed by atoms with van der Waals surface area (Å²) in [5, 5.41) is 5.64. The lowest BCUT2D eigenvalue weighted by Gasteiger charge is -2.35. The molecule has 0 unspecified atom stereocenters. The molecule has 1 N–H and O–H groups in total. The van der Waals surface area contributed by atoms with Gasteiger partial charge >= 0.3 is 0 Å². The fraction of sp³-hybridized carbons (Fsp3) is 0.448. The van der Waals surface area contributed by atoms with Crippen molar-refractivity contribution in [1.29, 1.82) is 0 Å². The van der Waals surface area contributed by atoms with Gasteiger partial charge in [0.05, 0.1) is 17.4 Å². The maximum absolute atomic E-state index is 13.2. The third kappa shape index (κ3) is 5.22. The summed E-state index contributed by atoms with van der Waals surface area (Å²) in [5.74, 6) is 1.04. The van der Waals surface area contributed by atoms with E-state index in [1.807, 2.05) is 44.0 Å². The molecule has 1 aliphatic heterocycles. The van der Waals surface area contributed by atoms with Gasteiger partial charge in [-0.1, -0.05) is 25.1 Å². The average Bonchev–Trinajstić information content (AvgIpc) is 3.48. The number of para-hydroxylation sites is 1. The fourth-order valence-corrected chi connectivity index (χ4v) is 5.34. The monoisotopic (exact) mass is 499 g/mol. The van der Waals surface area contributed by atoms with Gasteiger partial charge in [-0.05, 0) is 38.4 Å². The normalized spacial score (nSPS) is 15.9. The number of carbonyl (C=O) groups excluding carboxylic acids is 1. The number of nitrogens with zero attached hydrogens (tertiary/aromatic N) is 6. The predicted octanol–water partition coefficient (Wildman–Crippen LogP) is 3.57. The Hall–Kier alpha value is -3.36. The van der Waals surface area contributed by atoms with Crippen molar-refractivity contribution in [2.75, 3.05) is 33.2 Å². The first kappa shape index (κ1) is 25.3. The topological polar surface area (TPSA) is 82.9 Å². The van der Waals surface area contributed by atoms with Crippen molar-refractivity contribution in [2.24, 2.45) is 7.05 Å². The van der Waals surface area contributed by atoms with E-state index in [0.717, 1.165) is 83.0 Å². The van der Waals surface area contributed by atoms with Crippen molar-refractivity contribution >= 4 is 16.7 Å². The van der Waals surface area contributed by atoms with E-state index in [4.69, 9.17) is 4.98 Å². The number of aromatic nitrogens is 5. The maximum atomic E-state index is 13.2. The van der Waals surface area contributed by atoms with Crippen LogP contribution in [0.3, 0.4) is 0 Å². The van der Waals surface area contributed by atoms with E-state index in [9.17, 15) is 4.79 Å². The van der Waals surface area contributed by atoms with E-state index in [2.05, 4.69) is 57.2 Å². The standard InChI is InChI=1S/C29H37N7O/c1-6-25-22(18-35(5)33-25)15-27-30-16-19(2)28(32-27)24-17-31-29-21(8-7-9-23(24)29)14-26(37)20(3)36-12-10-34(4)11-13-36/h7-9,16-18,20,31H,6,10-15H2,1-5H3/t20-/m1/s1. The molecule has 0 aliphatic carbocycles. The summed E-state index contributed by atoms with van der Waals surface area (Å²) >= 11 is 0. The molecule has 1 atom stereocenters. The van der Waals surface area contributed by atoms with Crippen molar-refractivity contribution in [1.82, 2.24) is 34.5 Å². The smallest absolute Gasteiger partial charge is 0.154 e. The van der Waals surface area contributed by atoms with Crippen LogP contribution in [0, 0.1) is 6.92 Å². The number of nitrogens with one attached hydrogen (secondary N) is 1. The fourth-order valence-electron chi connectivity index (χ4n) is 5.34. The summed E-state index contributed by atoms with van der Waals surface area (Å²) < 4.78 is 1.86. The molecule has 3 aromatic heterocycles. The maximum Gasteiger partial charge on any atom is 0.154 e. The van der Waals surface area contributed by atoms with E-state index < -0.39 is 0 Å². The summed E-state index contributed by atoms with van der Waals surface area (Å²) in [7, 11) is 4.08. The van der Waals surface area contributed by atoms with Gasteiger partial charge in [0.25, 0.3) is 0 Å². The molecule has 1 aliphatic rings. The highest BCUT2D eigenvalue weighted by atomic mass is 16.1. The number of fused-ring (bicyclic) bond motifs is 1. The summed E-state index contributed by atoms with van der Waals surface area (Å²) in [5.41, 5.74) is 7.28. The molecule has 4 aromatic rings. The highest BCUT2D eigenvalue weighted by Crippen LogP contribution is 2.31. The zero-order chi connectivity index (χ0) is 26.1. The highest BCUT2D eigenvalue weighted by molar-refractivity contribution is 5.99. The summed E-state index contributed by atoms with van der Waals surface area (Å²) in [4.78, 5) is 30.9. The SMILES string of the molecule is CCc1nn(C)cc1Cc1ncc(C)c(-c2c[nH]c3c(CC(=O)[C@@H](C)N4CCN(C)CC4)cccc23)n1. The van der Waals surface area contributed by atoms with Crippen molar-refractivity contribution in [3.05, 3.63) is 65.0 Å². The molecule has 0 saturated carbocycles. The van der Waals surface area contributed by atoms with E-state index in [1.54, 1.807) is 0 Å². The third-order valence-corrected chi connectivity index (χ3v) is 7.67. The number of rotatable bonds is 8. The van der Waals surface area contributed by atoms with Crippen molar-refractivity contribution in [2.45, 2.75) is 46.1 Å². The van der Waals surface area contributed by atoms with Crippen LogP contribution in [0.4, 0.5) is 0 Å². The minimum atomic E-state index is -0.0782.